The maximum Gasteiger partial charge on any atom is 0.272 e. The molecule has 0 spiro atoms. The average Bonchev–Trinajstić information content (AvgIpc) is 3.22. The molecule has 1 fully saturated rings. The van der Waals surface area contributed by atoms with Gasteiger partial charge in [-0.25, -0.2) is 0 Å². The van der Waals surface area contributed by atoms with Gasteiger partial charge in [0.15, 0.2) is 0 Å². The lowest BCUT2D eigenvalue weighted by molar-refractivity contribution is 0.101. The second-order valence-corrected chi connectivity index (χ2v) is 6.83. The SMILES string of the molecule is CC(C)c1ccc(NC(=O)c2cc(Br)cn2C2CC2)cc1. The van der Waals surface area contributed by atoms with Gasteiger partial charge in [-0.3, -0.25) is 4.79 Å². The third-order valence-corrected chi connectivity index (χ3v) is 4.26. The van der Waals surface area contributed by atoms with Gasteiger partial charge in [-0.2, -0.15) is 0 Å². The number of nitrogens with one attached hydrogen (secondary N) is 1. The molecule has 4 heteroatoms. The maximum absolute atomic E-state index is 12.4. The Morgan fingerprint density at radius 3 is 2.52 bits per heavy atom. The van der Waals surface area contributed by atoms with Crippen LogP contribution in [0.2, 0.25) is 0 Å². The number of benzene rings is 1. The molecule has 0 radical (unpaired) electrons. The van der Waals surface area contributed by atoms with Gasteiger partial charge in [0.2, 0.25) is 0 Å². The predicted octanol–water partition coefficient (Wildman–Crippen LogP) is 4.96. The van der Waals surface area contributed by atoms with Crippen LogP contribution in [0.3, 0.4) is 0 Å². The van der Waals surface area contributed by atoms with Crippen LogP contribution >= 0.6 is 15.9 Å². The van der Waals surface area contributed by atoms with Crippen molar-refractivity contribution in [1.82, 2.24) is 4.57 Å². The van der Waals surface area contributed by atoms with E-state index in [1.807, 2.05) is 24.4 Å². The summed E-state index contributed by atoms with van der Waals surface area (Å²) >= 11 is 3.46. The van der Waals surface area contributed by atoms with Gasteiger partial charge in [-0.05, 0) is 58.5 Å². The van der Waals surface area contributed by atoms with Gasteiger partial charge in [-0.1, -0.05) is 26.0 Å². The van der Waals surface area contributed by atoms with Crippen molar-refractivity contribution >= 4 is 27.5 Å². The fourth-order valence-electron chi connectivity index (χ4n) is 2.43. The van der Waals surface area contributed by atoms with Crippen LogP contribution in [0.15, 0.2) is 41.0 Å². The zero-order chi connectivity index (χ0) is 15.0. The second-order valence-electron chi connectivity index (χ2n) is 5.91. The van der Waals surface area contributed by atoms with Crippen LogP contribution < -0.4 is 5.32 Å². The van der Waals surface area contributed by atoms with Crippen molar-refractivity contribution < 1.29 is 4.79 Å². The van der Waals surface area contributed by atoms with E-state index >= 15 is 0 Å². The maximum atomic E-state index is 12.4. The van der Waals surface area contributed by atoms with Crippen LogP contribution in [0, 0.1) is 0 Å². The first-order chi connectivity index (χ1) is 10.0. The highest BCUT2D eigenvalue weighted by atomic mass is 79.9. The number of nitrogens with zero attached hydrogens (tertiary/aromatic N) is 1. The molecule has 1 aliphatic rings. The minimum absolute atomic E-state index is 0.0510. The van der Waals surface area contributed by atoms with Crippen LogP contribution in [0.25, 0.3) is 0 Å². The Labute approximate surface area is 133 Å². The molecule has 110 valence electrons. The summed E-state index contributed by atoms with van der Waals surface area (Å²) < 4.78 is 3.02. The Kier molecular flexibility index (Phi) is 3.89. The van der Waals surface area contributed by atoms with Crippen LogP contribution in [0.5, 0.6) is 0 Å². The Balaban J connectivity index is 1.77. The molecule has 1 aromatic heterocycles. The van der Waals surface area contributed by atoms with Crippen molar-refractivity contribution in [2.75, 3.05) is 5.32 Å². The summed E-state index contributed by atoms with van der Waals surface area (Å²) in [7, 11) is 0. The molecule has 2 aromatic rings. The number of amides is 1. The minimum atomic E-state index is -0.0510. The summed E-state index contributed by atoms with van der Waals surface area (Å²) in [6.45, 7) is 4.32. The average molecular weight is 347 g/mol. The topological polar surface area (TPSA) is 34.0 Å². The normalized spacial score (nSPS) is 14.5. The van der Waals surface area contributed by atoms with Gasteiger partial charge in [0.05, 0.1) is 0 Å². The summed E-state index contributed by atoms with van der Waals surface area (Å²) in [5.41, 5.74) is 2.83. The van der Waals surface area contributed by atoms with Gasteiger partial charge in [0.25, 0.3) is 5.91 Å². The smallest absolute Gasteiger partial charge is 0.272 e. The Hall–Kier alpha value is -1.55. The van der Waals surface area contributed by atoms with Crippen LogP contribution in [0.1, 0.15) is 54.7 Å². The molecule has 1 amide bonds. The number of hydrogen-bond donors (Lipinski definition) is 1. The lowest BCUT2D eigenvalue weighted by Gasteiger charge is -2.10. The molecule has 21 heavy (non-hydrogen) atoms. The molecule has 1 heterocycles. The van der Waals surface area contributed by atoms with E-state index in [1.165, 1.54) is 5.56 Å². The van der Waals surface area contributed by atoms with E-state index in [4.69, 9.17) is 0 Å². The highest BCUT2D eigenvalue weighted by Gasteiger charge is 2.27. The molecule has 1 saturated carbocycles. The summed E-state index contributed by atoms with van der Waals surface area (Å²) in [4.78, 5) is 12.4. The van der Waals surface area contributed by atoms with Crippen LogP contribution in [0.4, 0.5) is 5.69 Å². The molecule has 0 atom stereocenters. The number of rotatable bonds is 4. The summed E-state index contributed by atoms with van der Waals surface area (Å²) in [5.74, 6) is 0.447. The van der Waals surface area contributed by atoms with Crippen LogP contribution in [-0.4, -0.2) is 10.5 Å². The molecule has 1 aromatic carbocycles. The van der Waals surface area contributed by atoms with E-state index in [9.17, 15) is 4.79 Å². The molecule has 1 N–H and O–H groups in total. The molecule has 0 aliphatic heterocycles. The van der Waals surface area contributed by atoms with Crippen molar-refractivity contribution in [1.29, 1.82) is 0 Å². The number of halogens is 1. The predicted molar refractivity (Wildman–Crippen MR) is 88.9 cm³/mol. The van der Waals surface area contributed by atoms with E-state index in [0.717, 1.165) is 28.7 Å². The summed E-state index contributed by atoms with van der Waals surface area (Å²) in [5, 5.41) is 2.98. The first-order valence-electron chi connectivity index (χ1n) is 7.33. The van der Waals surface area contributed by atoms with E-state index in [1.54, 1.807) is 0 Å². The van der Waals surface area contributed by atoms with Gasteiger partial charge < -0.3 is 9.88 Å². The summed E-state index contributed by atoms with van der Waals surface area (Å²) in [6, 6.07) is 10.4. The number of hydrogen-bond acceptors (Lipinski definition) is 1. The van der Waals surface area contributed by atoms with E-state index in [-0.39, 0.29) is 5.91 Å². The van der Waals surface area contributed by atoms with Crippen molar-refractivity contribution in [2.45, 2.75) is 38.6 Å². The molecule has 0 bridgehead atoms. The van der Waals surface area contributed by atoms with E-state index < -0.39 is 0 Å². The largest absolute Gasteiger partial charge is 0.339 e. The number of aromatic nitrogens is 1. The second kappa shape index (κ2) is 5.68. The standard InChI is InChI=1S/C17H19BrN2O/c1-11(2)12-3-5-14(6-4-12)19-17(21)16-9-13(18)10-20(16)15-7-8-15/h3-6,9-11,15H,7-8H2,1-2H3,(H,19,21). The monoisotopic (exact) mass is 346 g/mol. The molecule has 3 rings (SSSR count). The Morgan fingerprint density at radius 1 is 1.29 bits per heavy atom. The molecule has 0 saturated heterocycles. The Morgan fingerprint density at radius 2 is 1.95 bits per heavy atom. The lowest BCUT2D eigenvalue weighted by Crippen LogP contribution is -2.16. The van der Waals surface area contributed by atoms with Gasteiger partial charge in [0, 0.05) is 22.4 Å². The first-order valence-corrected chi connectivity index (χ1v) is 8.12. The van der Waals surface area contributed by atoms with Crippen molar-refractivity contribution in [3.63, 3.8) is 0 Å². The van der Waals surface area contributed by atoms with Crippen molar-refractivity contribution in [3.8, 4) is 0 Å². The van der Waals surface area contributed by atoms with Crippen molar-refractivity contribution in [2.24, 2.45) is 0 Å². The fourth-order valence-corrected chi connectivity index (χ4v) is 2.87. The highest BCUT2D eigenvalue weighted by Crippen LogP contribution is 2.37. The Bertz CT molecular complexity index is 654. The quantitative estimate of drug-likeness (QED) is 0.833. The number of carbonyl (C=O) groups excluding carboxylic acids is 1. The number of carbonyl (C=O) groups is 1. The molecule has 0 unspecified atom stereocenters. The highest BCUT2D eigenvalue weighted by molar-refractivity contribution is 9.10. The molecule has 3 nitrogen and oxygen atoms in total. The minimum Gasteiger partial charge on any atom is -0.339 e. The van der Waals surface area contributed by atoms with Crippen LogP contribution in [-0.2, 0) is 0 Å². The fraction of sp³-hybridized carbons (Fsp3) is 0.353. The zero-order valence-corrected chi connectivity index (χ0v) is 13.9. The van der Waals surface area contributed by atoms with Gasteiger partial charge >= 0.3 is 0 Å². The van der Waals surface area contributed by atoms with Gasteiger partial charge in [0.1, 0.15) is 5.69 Å². The van der Waals surface area contributed by atoms with E-state index in [2.05, 4.69) is 51.8 Å². The molecule has 1 aliphatic carbocycles. The molecular weight excluding hydrogens is 328 g/mol. The lowest BCUT2D eigenvalue weighted by atomic mass is 10.0. The third kappa shape index (κ3) is 3.21. The molecular formula is C17H19BrN2O. The van der Waals surface area contributed by atoms with Crippen molar-refractivity contribution in [3.05, 3.63) is 52.3 Å². The number of anilines is 1. The van der Waals surface area contributed by atoms with E-state index in [0.29, 0.717) is 12.0 Å². The van der Waals surface area contributed by atoms with Gasteiger partial charge in [-0.15, -0.1) is 0 Å². The summed E-state index contributed by atoms with van der Waals surface area (Å²) in [6.07, 6.45) is 4.31. The zero-order valence-electron chi connectivity index (χ0n) is 12.3. The third-order valence-electron chi connectivity index (χ3n) is 3.82. The first kappa shape index (κ1) is 14.4.